The van der Waals surface area contributed by atoms with Crippen molar-refractivity contribution in [3.8, 4) is 0 Å². The van der Waals surface area contributed by atoms with Crippen molar-refractivity contribution in [1.82, 2.24) is 0 Å². The molecular formula is C10H23NS. The van der Waals surface area contributed by atoms with E-state index in [4.69, 9.17) is 5.73 Å². The van der Waals surface area contributed by atoms with Crippen LogP contribution >= 0.6 is 11.8 Å². The van der Waals surface area contributed by atoms with E-state index in [9.17, 15) is 0 Å². The topological polar surface area (TPSA) is 26.0 Å². The molecule has 1 unspecified atom stereocenters. The zero-order valence-electron chi connectivity index (χ0n) is 8.89. The van der Waals surface area contributed by atoms with Gasteiger partial charge in [-0.1, -0.05) is 20.8 Å². The van der Waals surface area contributed by atoms with Gasteiger partial charge in [-0.15, -0.1) is 0 Å². The van der Waals surface area contributed by atoms with Gasteiger partial charge in [0.2, 0.25) is 0 Å². The summed E-state index contributed by atoms with van der Waals surface area (Å²) in [5.41, 5.74) is 6.12. The fourth-order valence-corrected chi connectivity index (χ4v) is 1.83. The molecule has 2 N–H and O–H groups in total. The number of hydrogen-bond donors (Lipinski definition) is 1. The lowest BCUT2D eigenvalue weighted by Crippen LogP contribution is -2.28. The molecule has 0 saturated heterocycles. The number of nitrogens with two attached hydrogens (primary N) is 1. The molecule has 1 nitrogen and oxygen atoms in total. The third-order valence-corrected chi connectivity index (χ3v) is 3.11. The van der Waals surface area contributed by atoms with Crippen LogP contribution in [0.5, 0.6) is 0 Å². The average molecular weight is 189 g/mol. The van der Waals surface area contributed by atoms with Crippen LogP contribution in [0, 0.1) is 11.3 Å². The van der Waals surface area contributed by atoms with E-state index in [-0.39, 0.29) is 0 Å². The van der Waals surface area contributed by atoms with E-state index in [0.717, 1.165) is 6.54 Å². The van der Waals surface area contributed by atoms with Crippen molar-refractivity contribution in [3.05, 3.63) is 0 Å². The summed E-state index contributed by atoms with van der Waals surface area (Å²) in [6.07, 6.45) is 4.75. The van der Waals surface area contributed by atoms with Crippen molar-refractivity contribution in [2.75, 3.05) is 18.6 Å². The summed E-state index contributed by atoms with van der Waals surface area (Å²) in [7, 11) is 0. The van der Waals surface area contributed by atoms with Crippen LogP contribution in [0.1, 0.15) is 33.6 Å². The van der Waals surface area contributed by atoms with Crippen LogP contribution in [-0.4, -0.2) is 18.6 Å². The molecule has 12 heavy (non-hydrogen) atoms. The van der Waals surface area contributed by atoms with Crippen molar-refractivity contribution in [1.29, 1.82) is 0 Å². The zero-order valence-corrected chi connectivity index (χ0v) is 9.71. The number of thioether (sulfide) groups is 1. The zero-order chi connectivity index (χ0) is 9.61. The first-order valence-corrected chi connectivity index (χ1v) is 6.10. The Hall–Kier alpha value is 0.310. The molecule has 0 spiro atoms. The highest BCUT2D eigenvalue weighted by Gasteiger charge is 2.22. The summed E-state index contributed by atoms with van der Waals surface area (Å²) in [6.45, 7) is 7.68. The lowest BCUT2D eigenvalue weighted by molar-refractivity contribution is 0.232. The van der Waals surface area contributed by atoms with Gasteiger partial charge in [0, 0.05) is 0 Å². The van der Waals surface area contributed by atoms with Gasteiger partial charge in [0.15, 0.2) is 0 Å². The third kappa shape index (κ3) is 5.04. The third-order valence-electron chi connectivity index (χ3n) is 2.41. The summed E-state index contributed by atoms with van der Waals surface area (Å²) in [4.78, 5) is 0. The molecule has 0 radical (unpaired) electrons. The Bertz CT molecular complexity index is 107. The van der Waals surface area contributed by atoms with Gasteiger partial charge >= 0.3 is 0 Å². The van der Waals surface area contributed by atoms with Crippen LogP contribution < -0.4 is 5.73 Å². The molecule has 1 atom stereocenters. The summed E-state index contributed by atoms with van der Waals surface area (Å²) < 4.78 is 0. The van der Waals surface area contributed by atoms with E-state index in [2.05, 4.69) is 27.0 Å². The van der Waals surface area contributed by atoms with Crippen LogP contribution in [-0.2, 0) is 0 Å². The Morgan fingerprint density at radius 3 is 2.25 bits per heavy atom. The second-order valence-corrected chi connectivity index (χ2v) is 5.42. The van der Waals surface area contributed by atoms with Crippen LogP contribution in [0.3, 0.4) is 0 Å². The molecule has 2 heteroatoms. The van der Waals surface area contributed by atoms with E-state index in [1.807, 2.05) is 11.8 Å². The molecule has 0 aliphatic carbocycles. The van der Waals surface area contributed by atoms with Crippen LogP contribution in [0.4, 0.5) is 0 Å². The maximum atomic E-state index is 5.73. The molecule has 0 fully saturated rings. The van der Waals surface area contributed by atoms with Gasteiger partial charge in [-0.05, 0) is 42.7 Å². The quantitative estimate of drug-likeness (QED) is 0.673. The molecule has 0 saturated carbocycles. The Morgan fingerprint density at radius 1 is 1.33 bits per heavy atom. The molecule has 0 bridgehead atoms. The van der Waals surface area contributed by atoms with Gasteiger partial charge in [0.25, 0.3) is 0 Å². The molecule has 0 heterocycles. The monoisotopic (exact) mass is 189 g/mol. The van der Waals surface area contributed by atoms with Crippen LogP contribution in [0.2, 0.25) is 0 Å². The SMILES string of the molecule is CSCCCC(CN)C(C)(C)C. The predicted molar refractivity (Wildman–Crippen MR) is 59.6 cm³/mol. The molecule has 0 rings (SSSR count). The van der Waals surface area contributed by atoms with E-state index in [0.29, 0.717) is 11.3 Å². The normalized spacial score (nSPS) is 14.8. The predicted octanol–water partition coefficient (Wildman–Crippen LogP) is 2.75. The molecule has 0 aliphatic heterocycles. The first kappa shape index (κ1) is 12.3. The second kappa shape index (κ2) is 5.87. The summed E-state index contributed by atoms with van der Waals surface area (Å²) in [5, 5.41) is 0. The van der Waals surface area contributed by atoms with E-state index in [1.165, 1.54) is 18.6 Å². The molecule has 0 aromatic carbocycles. The van der Waals surface area contributed by atoms with Crippen molar-refractivity contribution in [2.24, 2.45) is 17.1 Å². The summed E-state index contributed by atoms with van der Waals surface area (Å²) >= 11 is 1.92. The minimum atomic E-state index is 0.382. The lowest BCUT2D eigenvalue weighted by Gasteiger charge is -2.29. The summed E-state index contributed by atoms with van der Waals surface area (Å²) in [6, 6.07) is 0. The first-order chi connectivity index (χ1) is 5.52. The highest BCUT2D eigenvalue weighted by Crippen LogP contribution is 2.28. The van der Waals surface area contributed by atoms with E-state index in [1.54, 1.807) is 0 Å². The number of rotatable bonds is 5. The Morgan fingerprint density at radius 2 is 1.92 bits per heavy atom. The van der Waals surface area contributed by atoms with Gasteiger partial charge in [-0.2, -0.15) is 11.8 Å². The minimum absolute atomic E-state index is 0.382. The molecule has 0 aliphatic rings. The second-order valence-electron chi connectivity index (χ2n) is 4.43. The smallest absolute Gasteiger partial charge is 0.00439 e. The summed E-state index contributed by atoms with van der Waals surface area (Å²) in [5.74, 6) is 1.96. The van der Waals surface area contributed by atoms with Crippen LogP contribution in [0.15, 0.2) is 0 Å². The van der Waals surface area contributed by atoms with E-state index >= 15 is 0 Å². The molecule has 0 amide bonds. The van der Waals surface area contributed by atoms with Crippen molar-refractivity contribution < 1.29 is 0 Å². The maximum Gasteiger partial charge on any atom is -0.00439 e. The van der Waals surface area contributed by atoms with Gasteiger partial charge in [0.1, 0.15) is 0 Å². The first-order valence-electron chi connectivity index (χ1n) is 4.71. The Balaban J connectivity index is 3.68. The van der Waals surface area contributed by atoms with E-state index < -0.39 is 0 Å². The molecular weight excluding hydrogens is 166 g/mol. The largest absolute Gasteiger partial charge is 0.330 e. The fraction of sp³-hybridized carbons (Fsp3) is 1.00. The lowest BCUT2D eigenvalue weighted by atomic mass is 9.78. The van der Waals surface area contributed by atoms with Gasteiger partial charge in [-0.3, -0.25) is 0 Å². The highest BCUT2D eigenvalue weighted by atomic mass is 32.2. The van der Waals surface area contributed by atoms with Crippen molar-refractivity contribution in [2.45, 2.75) is 33.6 Å². The molecule has 74 valence electrons. The van der Waals surface area contributed by atoms with Gasteiger partial charge in [-0.25, -0.2) is 0 Å². The minimum Gasteiger partial charge on any atom is -0.330 e. The average Bonchev–Trinajstić information content (AvgIpc) is 1.95. The molecule has 0 aromatic rings. The van der Waals surface area contributed by atoms with Crippen molar-refractivity contribution >= 4 is 11.8 Å². The van der Waals surface area contributed by atoms with Crippen LogP contribution in [0.25, 0.3) is 0 Å². The maximum absolute atomic E-state index is 5.73. The fourth-order valence-electron chi connectivity index (χ4n) is 1.38. The number of hydrogen-bond acceptors (Lipinski definition) is 2. The van der Waals surface area contributed by atoms with Gasteiger partial charge in [0.05, 0.1) is 0 Å². The molecule has 0 aromatic heterocycles. The Labute approximate surface area is 81.5 Å². The van der Waals surface area contributed by atoms with Crippen molar-refractivity contribution in [3.63, 3.8) is 0 Å². The standard InChI is InChI=1S/C10H23NS/c1-10(2,3)9(8-11)6-5-7-12-4/h9H,5-8,11H2,1-4H3. The van der Waals surface area contributed by atoms with Gasteiger partial charge < -0.3 is 5.73 Å². The Kier molecular flexibility index (Phi) is 6.02. The highest BCUT2D eigenvalue weighted by molar-refractivity contribution is 7.98.